The second-order valence-electron chi connectivity index (χ2n) is 3.84. The van der Waals surface area contributed by atoms with Crippen LogP contribution in [0, 0.1) is 0 Å². The van der Waals surface area contributed by atoms with Gasteiger partial charge in [0.15, 0.2) is 0 Å². The quantitative estimate of drug-likeness (QED) is 0.759. The number of allylic oxidation sites excluding steroid dienone is 1. The summed E-state index contributed by atoms with van der Waals surface area (Å²) >= 11 is 0. The summed E-state index contributed by atoms with van der Waals surface area (Å²) in [5, 5.41) is 0. The van der Waals surface area contributed by atoms with Crippen molar-refractivity contribution in [3.8, 4) is 17.1 Å². The molecule has 1 aromatic carbocycles. The van der Waals surface area contributed by atoms with Gasteiger partial charge in [0, 0.05) is 11.1 Å². The van der Waals surface area contributed by atoms with E-state index in [-0.39, 0.29) is 0 Å². The molecule has 0 N–H and O–H groups in total. The molecule has 0 fully saturated rings. The molecular weight excluding hydrogens is 200 g/mol. The Morgan fingerprint density at radius 3 is 3.00 bits per heavy atom. The minimum Gasteiger partial charge on any atom is -0.496 e. The molecular formula is C14H12O2. The molecule has 1 aliphatic carbocycles. The number of rotatable bonds is 2. The Bertz CT molecular complexity index is 536. The van der Waals surface area contributed by atoms with E-state index in [0.29, 0.717) is 0 Å². The molecule has 0 amide bonds. The summed E-state index contributed by atoms with van der Waals surface area (Å²) in [5.41, 5.74) is 3.56. The summed E-state index contributed by atoms with van der Waals surface area (Å²) in [4.78, 5) is 0. The van der Waals surface area contributed by atoms with Crippen LogP contribution in [0.15, 0.2) is 41.0 Å². The minimum atomic E-state index is 0.882. The van der Waals surface area contributed by atoms with Crippen LogP contribution >= 0.6 is 0 Å². The molecule has 0 aliphatic heterocycles. The Kier molecular flexibility index (Phi) is 2.07. The summed E-state index contributed by atoms with van der Waals surface area (Å²) in [7, 11) is 1.70. The van der Waals surface area contributed by atoms with Crippen molar-refractivity contribution in [3.63, 3.8) is 0 Å². The predicted octanol–water partition coefficient (Wildman–Crippen LogP) is 3.52. The van der Waals surface area contributed by atoms with Gasteiger partial charge in [-0.25, -0.2) is 0 Å². The van der Waals surface area contributed by atoms with Gasteiger partial charge in [0.25, 0.3) is 0 Å². The van der Waals surface area contributed by atoms with Crippen LogP contribution in [-0.4, -0.2) is 7.11 Å². The first-order valence-corrected chi connectivity index (χ1v) is 5.30. The van der Waals surface area contributed by atoms with E-state index in [1.54, 1.807) is 13.4 Å². The van der Waals surface area contributed by atoms with Crippen LogP contribution in [-0.2, 0) is 6.42 Å². The Morgan fingerprint density at radius 1 is 1.31 bits per heavy atom. The van der Waals surface area contributed by atoms with E-state index >= 15 is 0 Å². The number of benzene rings is 1. The third-order valence-corrected chi connectivity index (χ3v) is 2.88. The average Bonchev–Trinajstić information content (AvgIpc) is 2.97. The van der Waals surface area contributed by atoms with Crippen molar-refractivity contribution < 1.29 is 9.15 Å². The van der Waals surface area contributed by atoms with Crippen molar-refractivity contribution in [2.24, 2.45) is 0 Å². The van der Waals surface area contributed by atoms with Gasteiger partial charge in [-0.3, -0.25) is 0 Å². The molecule has 16 heavy (non-hydrogen) atoms. The molecule has 2 aromatic rings. The Labute approximate surface area is 94.2 Å². The standard InChI is InChI=1S/C14H12O2/c1-15-14-9-11(13-6-3-7-16-13)8-10-4-2-5-12(10)14/h2-3,5-9H,4H2,1H3. The second kappa shape index (κ2) is 3.56. The molecule has 3 rings (SSSR count). The lowest BCUT2D eigenvalue weighted by atomic mass is 10.0. The maximum absolute atomic E-state index is 5.40. The van der Waals surface area contributed by atoms with Crippen molar-refractivity contribution in [1.29, 1.82) is 0 Å². The monoisotopic (exact) mass is 212 g/mol. The fourth-order valence-electron chi connectivity index (χ4n) is 2.10. The van der Waals surface area contributed by atoms with Crippen LogP contribution < -0.4 is 4.74 Å². The Morgan fingerprint density at radius 2 is 2.25 bits per heavy atom. The van der Waals surface area contributed by atoms with Crippen LogP contribution in [0.2, 0.25) is 0 Å². The molecule has 0 bridgehead atoms. The molecule has 0 spiro atoms. The lowest BCUT2D eigenvalue weighted by Crippen LogP contribution is -1.91. The first kappa shape index (κ1) is 9.28. The highest BCUT2D eigenvalue weighted by Gasteiger charge is 2.14. The zero-order valence-corrected chi connectivity index (χ0v) is 9.07. The molecule has 0 unspecified atom stereocenters. The van der Waals surface area contributed by atoms with E-state index in [1.807, 2.05) is 18.2 Å². The summed E-state index contributed by atoms with van der Waals surface area (Å²) in [6.45, 7) is 0. The molecule has 0 radical (unpaired) electrons. The van der Waals surface area contributed by atoms with Gasteiger partial charge in [-0.15, -0.1) is 0 Å². The summed E-state index contributed by atoms with van der Waals surface area (Å²) in [6.07, 6.45) is 6.92. The Balaban J connectivity index is 2.17. The molecule has 2 nitrogen and oxygen atoms in total. The van der Waals surface area contributed by atoms with E-state index in [4.69, 9.17) is 9.15 Å². The lowest BCUT2D eigenvalue weighted by molar-refractivity contribution is 0.413. The van der Waals surface area contributed by atoms with E-state index < -0.39 is 0 Å². The smallest absolute Gasteiger partial charge is 0.133 e. The Hall–Kier alpha value is -1.96. The van der Waals surface area contributed by atoms with E-state index in [1.165, 1.54) is 11.1 Å². The first-order chi connectivity index (χ1) is 7.88. The maximum Gasteiger partial charge on any atom is 0.133 e. The van der Waals surface area contributed by atoms with Gasteiger partial charge < -0.3 is 9.15 Å². The highest BCUT2D eigenvalue weighted by molar-refractivity contribution is 5.73. The van der Waals surface area contributed by atoms with Crippen LogP contribution in [0.3, 0.4) is 0 Å². The molecule has 0 saturated heterocycles. The number of fused-ring (bicyclic) bond motifs is 1. The van der Waals surface area contributed by atoms with Crippen LogP contribution in [0.5, 0.6) is 5.75 Å². The SMILES string of the molecule is COc1cc(-c2ccco2)cc2c1C=CC2. The second-order valence-corrected chi connectivity index (χ2v) is 3.84. The average molecular weight is 212 g/mol. The van der Waals surface area contributed by atoms with Gasteiger partial charge >= 0.3 is 0 Å². The molecule has 2 heteroatoms. The number of furan rings is 1. The fraction of sp³-hybridized carbons (Fsp3) is 0.143. The number of hydrogen-bond acceptors (Lipinski definition) is 2. The third-order valence-electron chi connectivity index (χ3n) is 2.88. The first-order valence-electron chi connectivity index (χ1n) is 5.30. The van der Waals surface area contributed by atoms with Crippen molar-refractivity contribution in [1.82, 2.24) is 0 Å². The van der Waals surface area contributed by atoms with Crippen molar-refractivity contribution in [2.45, 2.75) is 6.42 Å². The van der Waals surface area contributed by atoms with Gasteiger partial charge in [-0.2, -0.15) is 0 Å². The number of hydrogen-bond donors (Lipinski definition) is 0. The van der Waals surface area contributed by atoms with E-state index in [0.717, 1.165) is 23.5 Å². The summed E-state index contributed by atoms with van der Waals surface area (Å²) in [6, 6.07) is 8.04. The molecule has 80 valence electrons. The summed E-state index contributed by atoms with van der Waals surface area (Å²) < 4.78 is 10.8. The molecule has 1 heterocycles. The molecule has 0 saturated carbocycles. The third kappa shape index (κ3) is 1.34. The zero-order valence-electron chi connectivity index (χ0n) is 9.07. The molecule has 0 atom stereocenters. The van der Waals surface area contributed by atoms with Crippen molar-refractivity contribution in [3.05, 3.63) is 47.7 Å². The number of methoxy groups -OCH3 is 1. The lowest BCUT2D eigenvalue weighted by Gasteiger charge is -2.09. The van der Waals surface area contributed by atoms with Gasteiger partial charge in [-0.05, 0) is 36.2 Å². The van der Waals surface area contributed by atoms with Crippen LogP contribution in [0.1, 0.15) is 11.1 Å². The van der Waals surface area contributed by atoms with Crippen molar-refractivity contribution in [2.75, 3.05) is 7.11 Å². The van der Waals surface area contributed by atoms with Crippen molar-refractivity contribution >= 4 is 6.08 Å². The van der Waals surface area contributed by atoms with E-state index in [9.17, 15) is 0 Å². The largest absolute Gasteiger partial charge is 0.496 e. The van der Waals surface area contributed by atoms with Gasteiger partial charge in [0.05, 0.1) is 13.4 Å². The van der Waals surface area contributed by atoms with Gasteiger partial charge in [0.2, 0.25) is 0 Å². The topological polar surface area (TPSA) is 22.4 Å². The van der Waals surface area contributed by atoms with E-state index in [2.05, 4.69) is 18.2 Å². The van der Waals surface area contributed by atoms with Crippen LogP contribution in [0.4, 0.5) is 0 Å². The highest BCUT2D eigenvalue weighted by Crippen LogP contribution is 2.34. The highest BCUT2D eigenvalue weighted by atomic mass is 16.5. The van der Waals surface area contributed by atoms with Gasteiger partial charge in [0.1, 0.15) is 11.5 Å². The normalized spacial score (nSPS) is 12.8. The minimum absolute atomic E-state index is 0.882. The fourth-order valence-corrected chi connectivity index (χ4v) is 2.10. The number of ether oxygens (including phenoxy) is 1. The zero-order chi connectivity index (χ0) is 11.0. The maximum atomic E-state index is 5.40. The van der Waals surface area contributed by atoms with Gasteiger partial charge in [-0.1, -0.05) is 12.2 Å². The van der Waals surface area contributed by atoms with Crippen LogP contribution in [0.25, 0.3) is 17.4 Å². The predicted molar refractivity (Wildman–Crippen MR) is 63.4 cm³/mol. The molecule has 1 aliphatic rings. The molecule has 1 aromatic heterocycles. The summed E-state index contributed by atoms with van der Waals surface area (Å²) in [5.74, 6) is 1.80.